The molecule has 1 aromatic heterocycles. The lowest BCUT2D eigenvalue weighted by Crippen LogP contribution is -2.50. The van der Waals surface area contributed by atoms with Gasteiger partial charge in [0.15, 0.2) is 5.78 Å². The largest absolute Gasteiger partial charge is 0.354 e. The Labute approximate surface area is 172 Å². The van der Waals surface area contributed by atoms with Crippen molar-refractivity contribution in [1.82, 2.24) is 14.2 Å². The van der Waals surface area contributed by atoms with E-state index in [9.17, 15) is 26.8 Å². The second kappa shape index (κ2) is 7.59. The van der Waals surface area contributed by atoms with E-state index < -0.39 is 26.6 Å². The van der Waals surface area contributed by atoms with Crippen LogP contribution in [0.3, 0.4) is 0 Å². The van der Waals surface area contributed by atoms with Crippen molar-refractivity contribution in [2.45, 2.75) is 31.1 Å². The van der Waals surface area contributed by atoms with Gasteiger partial charge in [-0.1, -0.05) is 0 Å². The van der Waals surface area contributed by atoms with Gasteiger partial charge in [-0.25, -0.2) is 17.2 Å². The number of halogens is 2. The molecule has 4 rings (SSSR count). The first-order chi connectivity index (χ1) is 14.2. The summed E-state index contributed by atoms with van der Waals surface area (Å²) in [6.45, 7) is 1.86. The average Bonchev–Trinajstić information content (AvgIpc) is 3.07. The van der Waals surface area contributed by atoms with E-state index in [0.717, 1.165) is 28.6 Å². The van der Waals surface area contributed by atoms with Gasteiger partial charge in [0.2, 0.25) is 10.0 Å². The van der Waals surface area contributed by atoms with Crippen molar-refractivity contribution < 1.29 is 26.8 Å². The minimum Gasteiger partial charge on any atom is -0.354 e. The number of Topliss-reactive ketones (excluding diaryl/α,β-unsaturated/α-hetero) is 1. The Kier molecular flexibility index (Phi) is 5.23. The highest BCUT2D eigenvalue weighted by Crippen LogP contribution is 2.28. The Morgan fingerprint density at radius 1 is 1.10 bits per heavy atom. The third-order valence-corrected chi connectivity index (χ3v) is 7.60. The third kappa shape index (κ3) is 3.43. The number of rotatable bonds is 3. The average molecular weight is 437 g/mol. The van der Waals surface area contributed by atoms with Crippen LogP contribution in [0.1, 0.15) is 44.9 Å². The molecular formula is C20H21F2N3O4S. The summed E-state index contributed by atoms with van der Waals surface area (Å²) in [6, 6.07) is 2.29. The lowest BCUT2D eigenvalue weighted by molar-refractivity contribution is 0.0691. The van der Waals surface area contributed by atoms with Crippen LogP contribution < -0.4 is 0 Å². The number of hydrogen-bond donors (Lipinski definition) is 1. The van der Waals surface area contributed by atoms with E-state index in [1.807, 2.05) is 0 Å². The number of fused-ring (bicyclic) bond motifs is 1. The zero-order chi connectivity index (χ0) is 21.6. The van der Waals surface area contributed by atoms with Crippen LogP contribution in [-0.2, 0) is 16.4 Å². The Morgan fingerprint density at radius 2 is 1.80 bits per heavy atom. The van der Waals surface area contributed by atoms with Gasteiger partial charge in [0.1, 0.15) is 22.2 Å². The van der Waals surface area contributed by atoms with Crippen molar-refractivity contribution in [2.24, 2.45) is 0 Å². The molecule has 1 aliphatic heterocycles. The van der Waals surface area contributed by atoms with E-state index in [2.05, 4.69) is 4.98 Å². The number of sulfonamides is 1. The fraction of sp³-hybridized carbons (Fsp3) is 0.400. The van der Waals surface area contributed by atoms with Gasteiger partial charge in [-0.15, -0.1) is 0 Å². The molecule has 0 atom stereocenters. The quantitative estimate of drug-likeness (QED) is 0.798. The standard InChI is InChI=1S/C20H21F2N3O4S/c1-12-18-15(3-2-4-16(18)26)23-19(12)20(27)24-7-9-25(10-8-24)30(28,29)17-11-13(21)5-6-14(17)22/h5-6,11,23H,2-4,7-10H2,1H3. The van der Waals surface area contributed by atoms with E-state index in [0.29, 0.717) is 35.7 Å². The summed E-state index contributed by atoms with van der Waals surface area (Å²) >= 11 is 0. The highest BCUT2D eigenvalue weighted by atomic mass is 32.2. The molecule has 10 heteroatoms. The first-order valence-corrected chi connectivity index (χ1v) is 11.1. The van der Waals surface area contributed by atoms with Crippen molar-refractivity contribution >= 4 is 21.7 Å². The molecule has 30 heavy (non-hydrogen) atoms. The highest BCUT2D eigenvalue weighted by molar-refractivity contribution is 7.89. The molecule has 2 heterocycles. The first kappa shape index (κ1) is 20.7. The molecule has 0 unspecified atom stereocenters. The summed E-state index contributed by atoms with van der Waals surface area (Å²) in [5, 5.41) is 0. The molecule has 1 fully saturated rings. The van der Waals surface area contributed by atoms with Gasteiger partial charge in [-0.2, -0.15) is 4.31 Å². The molecule has 1 saturated heterocycles. The Balaban J connectivity index is 1.51. The number of hydrogen-bond acceptors (Lipinski definition) is 4. The molecule has 7 nitrogen and oxygen atoms in total. The zero-order valence-electron chi connectivity index (χ0n) is 16.4. The Hall–Kier alpha value is -2.59. The number of nitrogens with one attached hydrogen (secondary N) is 1. The second-order valence-electron chi connectivity index (χ2n) is 7.53. The summed E-state index contributed by atoms with van der Waals surface area (Å²) < 4.78 is 53.8. The monoisotopic (exact) mass is 437 g/mol. The number of H-pyrrole nitrogens is 1. The molecule has 1 aliphatic carbocycles. The number of piperazine rings is 1. The summed E-state index contributed by atoms with van der Waals surface area (Å²) in [4.78, 5) is 29.0. The van der Waals surface area contributed by atoms with Crippen LogP contribution in [0.4, 0.5) is 8.78 Å². The number of amides is 1. The smallest absolute Gasteiger partial charge is 0.270 e. The van der Waals surface area contributed by atoms with Crippen molar-refractivity contribution in [3.05, 3.63) is 52.3 Å². The fourth-order valence-corrected chi connectivity index (χ4v) is 5.59. The molecule has 1 aromatic carbocycles. The van der Waals surface area contributed by atoms with E-state index in [1.165, 1.54) is 4.90 Å². The van der Waals surface area contributed by atoms with Crippen LogP contribution in [0, 0.1) is 18.6 Å². The molecule has 0 radical (unpaired) electrons. The molecule has 2 aromatic rings. The predicted octanol–water partition coefficient (Wildman–Crippen LogP) is 2.27. The molecular weight excluding hydrogens is 416 g/mol. The Bertz CT molecular complexity index is 1140. The van der Waals surface area contributed by atoms with E-state index in [1.54, 1.807) is 6.92 Å². The van der Waals surface area contributed by atoms with Crippen LogP contribution in [0.2, 0.25) is 0 Å². The van der Waals surface area contributed by atoms with E-state index >= 15 is 0 Å². The van der Waals surface area contributed by atoms with Crippen molar-refractivity contribution in [1.29, 1.82) is 0 Å². The van der Waals surface area contributed by atoms with Crippen LogP contribution in [0.15, 0.2) is 23.1 Å². The van der Waals surface area contributed by atoms with Crippen LogP contribution in [-0.4, -0.2) is 60.5 Å². The molecule has 0 spiro atoms. The third-order valence-electron chi connectivity index (χ3n) is 5.69. The maximum absolute atomic E-state index is 14.0. The topological polar surface area (TPSA) is 90.6 Å². The van der Waals surface area contributed by atoms with E-state index in [4.69, 9.17) is 0 Å². The molecule has 0 bridgehead atoms. The van der Waals surface area contributed by atoms with Gasteiger partial charge in [0, 0.05) is 43.9 Å². The first-order valence-electron chi connectivity index (χ1n) is 9.69. The number of carbonyl (C=O) groups is 2. The number of aromatic nitrogens is 1. The minimum atomic E-state index is -4.22. The minimum absolute atomic E-state index is 0.0251. The number of carbonyl (C=O) groups excluding carboxylic acids is 2. The Morgan fingerprint density at radius 3 is 2.47 bits per heavy atom. The summed E-state index contributed by atoms with van der Waals surface area (Å²) in [5.41, 5.74) is 2.33. The molecule has 1 N–H and O–H groups in total. The molecule has 0 saturated carbocycles. The SMILES string of the molecule is Cc1c(C(=O)N2CCN(S(=O)(=O)c3cc(F)ccc3F)CC2)[nH]c2c1C(=O)CCC2. The number of nitrogens with zero attached hydrogens (tertiary/aromatic N) is 2. The van der Waals surface area contributed by atoms with E-state index in [-0.39, 0.29) is 37.9 Å². The number of aryl methyl sites for hydroxylation is 1. The van der Waals surface area contributed by atoms with Crippen molar-refractivity contribution in [3.8, 4) is 0 Å². The van der Waals surface area contributed by atoms with Gasteiger partial charge in [0.25, 0.3) is 5.91 Å². The number of benzene rings is 1. The van der Waals surface area contributed by atoms with Gasteiger partial charge < -0.3 is 9.88 Å². The normalized spacial score (nSPS) is 17.8. The maximum Gasteiger partial charge on any atom is 0.270 e. The van der Waals surface area contributed by atoms with Crippen molar-refractivity contribution in [3.63, 3.8) is 0 Å². The molecule has 1 amide bonds. The van der Waals surface area contributed by atoms with Gasteiger partial charge >= 0.3 is 0 Å². The van der Waals surface area contributed by atoms with Gasteiger partial charge in [-0.3, -0.25) is 9.59 Å². The summed E-state index contributed by atoms with van der Waals surface area (Å²) in [7, 11) is -4.22. The molecule has 160 valence electrons. The second-order valence-corrected chi connectivity index (χ2v) is 9.43. The fourth-order valence-electron chi connectivity index (χ4n) is 4.09. The van der Waals surface area contributed by atoms with Crippen LogP contribution >= 0.6 is 0 Å². The van der Waals surface area contributed by atoms with Crippen LogP contribution in [0.5, 0.6) is 0 Å². The van der Waals surface area contributed by atoms with Gasteiger partial charge in [-0.05, 0) is 43.5 Å². The molecule has 2 aliphatic rings. The summed E-state index contributed by atoms with van der Waals surface area (Å²) in [6.07, 6.45) is 1.92. The number of ketones is 1. The lowest BCUT2D eigenvalue weighted by atomic mass is 9.94. The summed E-state index contributed by atoms with van der Waals surface area (Å²) in [5.74, 6) is -2.14. The van der Waals surface area contributed by atoms with Crippen LogP contribution in [0.25, 0.3) is 0 Å². The maximum atomic E-state index is 14.0. The predicted molar refractivity (Wildman–Crippen MR) is 104 cm³/mol. The highest BCUT2D eigenvalue weighted by Gasteiger charge is 2.34. The number of aromatic amines is 1. The van der Waals surface area contributed by atoms with Crippen molar-refractivity contribution in [2.75, 3.05) is 26.2 Å². The lowest BCUT2D eigenvalue weighted by Gasteiger charge is -2.34. The van der Waals surface area contributed by atoms with Gasteiger partial charge in [0.05, 0.1) is 0 Å². The zero-order valence-corrected chi connectivity index (χ0v) is 17.2.